The highest BCUT2D eigenvalue weighted by molar-refractivity contribution is 7.10. The van der Waals surface area contributed by atoms with Crippen molar-refractivity contribution in [3.63, 3.8) is 0 Å². The van der Waals surface area contributed by atoms with E-state index in [9.17, 15) is 27.2 Å². The monoisotopic (exact) mass is 518 g/mol. The highest BCUT2D eigenvalue weighted by atomic mass is 32.1. The summed E-state index contributed by atoms with van der Waals surface area (Å²) in [6, 6.07) is 11.6. The number of carbonyl (C=O) groups excluding carboxylic acids is 2. The van der Waals surface area contributed by atoms with Gasteiger partial charge in [0.1, 0.15) is 11.9 Å². The first-order chi connectivity index (χ1) is 17.2. The maximum atomic E-state index is 14.2. The highest BCUT2D eigenvalue weighted by Gasteiger charge is 2.37. The van der Waals surface area contributed by atoms with E-state index in [1.165, 1.54) is 41.7 Å². The van der Waals surface area contributed by atoms with Gasteiger partial charge in [-0.05, 0) is 60.2 Å². The third-order valence-electron chi connectivity index (χ3n) is 6.25. The van der Waals surface area contributed by atoms with Gasteiger partial charge in [-0.3, -0.25) is 14.5 Å². The van der Waals surface area contributed by atoms with Gasteiger partial charge >= 0.3 is 6.18 Å². The molecule has 1 unspecified atom stereocenters. The number of nitrogens with one attached hydrogen (secondary N) is 1. The molecule has 1 aliphatic rings. The van der Waals surface area contributed by atoms with Crippen molar-refractivity contribution in [3.05, 3.63) is 87.9 Å². The summed E-state index contributed by atoms with van der Waals surface area (Å²) in [5, 5.41) is 4.75. The number of thiophene rings is 1. The van der Waals surface area contributed by atoms with Crippen molar-refractivity contribution in [2.24, 2.45) is 0 Å². The molecule has 2 amide bonds. The zero-order chi connectivity index (χ0) is 25.7. The van der Waals surface area contributed by atoms with Gasteiger partial charge < -0.3 is 5.32 Å². The molecular weight excluding hydrogens is 492 g/mol. The van der Waals surface area contributed by atoms with Crippen LogP contribution in [-0.4, -0.2) is 17.9 Å². The normalized spacial score (nSPS) is 15.3. The van der Waals surface area contributed by atoms with Gasteiger partial charge in [0.05, 0.1) is 12.0 Å². The molecule has 4 rings (SSSR count). The fraction of sp³-hybridized carbons (Fsp3) is 0.333. The summed E-state index contributed by atoms with van der Waals surface area (Å²) in [6.07, 6.45) is -0.286. The molecule has 9 heteroatoms. The van der Waals surface area contributed by atoms with Crippen LogP contribution in [0.15, 0.2) is 66.0 Å². The smallest absolute Gasteiger partial charge is 0.351 e. The summed E-state index contributed by atoms with van der Waals surface area (Å²) in [5.41, 5.74) is -0.833. The van der Waals surface area contributed by atoms with E-state index in [-0.39, 0.29) is 23.7 Å². The predicted molar refractivity (Wildman–Crippen MR) is 131 cm³/mol. The Morgan fingerprint density at radius 2 is 1.75 bits per heavy atom. The number of hydrogen-bond acceptors (Lipinski definition) is 3. The average Bonchev–Trinajstić information content (AvgIpc) is 3.35. The predicted octanol–water partition coefficient (Wildman–Crippen LogP) is 6.67. The standard InChI is InChI=1S/C27H26F4N2O2S/c28-20-9-5-12-22(16-20)33(24(34)17-23-13-6-14-36-23)25(26(35)32-21-10-2-1-3-11-21)18-7-4-8-19(15-18)27(29,30)31/h4-9,12-16,21,25H,1-3,10-11,17H2,(H,32,35). The third-order valence-corrected chi connectivity index (χ3v) is 7.12. The Kier molecular flexibility index (Phi) is 8.08. The minimum absolute atomic E-state index is 0.00178. The molecule has 0 saturated heterocycles. The molecule has 0 radical (unpaired) electrons. The fourth-order valence-electron chi connectivity index (χ4n) is 4.54. The van der Waals surface area contributed by atoms with E-state index < -0.39 is 35.4 Å². The Hall–Kier alpha value is -3.20. The Morgan fingerprint density at radius 3 is 2.42 bits per heavy atom. The Labute approximate surface area is 210 Å². The second-order valence-electron chi connectivity index (χ2n) is 8.87. The molecule has 0 spiro atoms. The van der Waals surface area contributed by atoms with Crippen LogP contribution in [-0.2, 0) is 22.2 Å². The molecule has 1 aromatic heterocycles. The van der Waals surface area contributed by atoms with Crippen molar-refractivity contribution in [3.8, 4) is 0 Å². The van der Waals surface area contributed by atoms with E-state index >= 15 is 0 Å². The second kappa shape index (κ2) is 11.2. The number of alkyl halides is 3. The molecule has 1 saturated carbocycles. The molecule has 3 aromatic rings. The Bertz CT molecular complexity index is 1190. The number of carbonyl (C=O) groups is 2. The second-order valence-corrected chi connectivity index (χ2v) is 9.90. The SMILES string of the molecule is O=C(NC1CCCCC1)C(c1cccc(C(F)(F)F)c1)N(C(=O)Cc1cccs1)c1cccc(F)c1. The van der Waals surface area contributed by atoms with Crippen LogP contribution in [0.2, 0.25) is 0 Å². The van der Waals surface area contributed by atoms with Crippen LogP contribution in [0.3, 0.4) is 0 Å². The van der Waals surface area contributed by atoms with E-state index in [0.717, 1.165) is 60.1 Å². The first-order valence-electron chi connectivity index (χ1n) is 11.8. The molecule has 0 bridgehead atoms. The van der Waals surface area contributed by atoms with Crippen molar-refractivity contribution >= 4 is 28.8 Å². The largest absolute Gasteiger partial charge is 0.416 e. The van der Waals surface area contributed by atoms with Crippen molar-refractivity contribution in [1.29, 1.82) is 0 Å². The zero-order valence-corrected chi connectivity index (χ0v) is 20.2. The maximum absolute atomic E-state index is 14.2. The number of nitrogens with zero attached hydrogens (tertiary/aromatic N) is 1. The number of rotatable bonds is 7. The van der Waals surface area contributed by atoms with Crippen LogP contribution in [0.5, 0.6) is 0 Å². The number of hydrogen-bond donors (Lipinski definition) is 1. The van der Waals surface area contributed by atoms with Crippen LogP contribution >= 0.6 is 11.3 Å². The molecule has 2 aromatic carbocycles. The molecule has 1 fully saturated rings. The number of halogens is 4. The molecule has 1 N–H and O–H groups in total. The van der Waals surface area contributed by atoms with Gasteiger partial charge in [-0.1, -0.05) is 43.5 Å². The van der Waals surface area contributed by atoms with Crippen LogP contribution < -0.4 is 10.2 Å². The summed E-state index contributed by atoms with van der Waals surface area (Å²) < 4.78 is 54.9. The fourth-order valence-corrected chi connectivity index (χ4v) is 5.24. The minimum Gasteiger partial charge on any atom is -0.351 e. The van der Waals surface area contributed by atoms with Gasteiger partial charge in [-0.25, -0.2) is 4.39 Å². The van der Waals surface area contributed by atoms with Crippen molar-refractivity contribution < 1.29 is 27.2 Å². The summed E-state index contributed by atoms with van der Waals surface area (Å²) in [4.78, 5) is 29.2. The summed E-state index contributed by atoms with van der Waals surface area (Å²) in [5.74, 6) is -1.74. The zero-order valence-electron chi connectivity index (χ0n) is 19.4. The molecule has 1 heterocycles. The Balaban J connectivity index is 1.80. The molecule has 190 valence electrons. The first kappa shape index (κ1) is 25.9. The summed E-state index contributed by atoms with van der Waals surface area (Å²) in [7, 11) is 0. The summed E-state index contributed by atoms with van der Waals surface area (Å²) in [6.45, 7) is 0. The van der Waals surface area contributed by atoms with Crippen molar-refractivity contribution in [2.45, 2.75) is 56.8 Å². The van der Waals surface area contributed by atoms with Gasteiger partial charge in [0.2, 0.25) is 11.8 Å². The molecule has 1 atom stereocenters. The average molecular weight is 519 g/mol. The lowest BCUT2D eigenvalue weighted by Crippen LogP contribution is -2.47. The number of amides is 2. The van der Waals surface area contributed by atoms with Crippen LogP contribution in [0.1, 0.15) is 54.1 Å². The molecule has 0 aliphatic heterocycles. The molecular formula is C27H26F4N2O2S. The minimum atomic E-state index is -4.63. The van der Waals surface area contributed by atoms with E-state index in [1.54, 1.807) is 17.5 Å². The van der Waals surface area contributed by atoms with E-state index in [4.69, 9.17) is 0 Å². The van der Waals surface area contributed by atoms with Crippen LogP contribution in [0, 0.1) is 5.82 Å². The van der Waals surface area contributed by atoms with Crippen LogP contribution in [0.25, 0.3) is 0 Å². The van der Waals surface area contributed by atoms with Gasteiger partial charge in [0.25, 0.3) is 0 Å². The van der Waals surface area contributed by atoms with Crippen LogP contribution in [0.4, 0.5) is 23.2 Å². The van der Waals surface area contributed by atoms with Gasteiger partial charge in [0, 0.05) is 16.6 Å². The first-order valence-corrected chi connectivity index (χ1v) is 12.7. The topological polar surface area (TPSA) is 49.4 Å². The quantitative estimate of drug-likeness (QED) is 0.355. The van der Waals surface area contributed by atoms with Crippen molar-refractivity contribution in [2.75, 3.05) is 4.90 Å². The highest BCUT2D eigenvalue weighted by Crippen LogP contribution is 2.35. The van der Waals surface area contributed by atoms with Crippen molar-refractivity contribution in [1.82, 2.24) is 5.32 Å². The lowest BCUT2D eigenvalue weighted by molar-refractivity contribution is -0.137. The maximum Gasteiger partial charge on any atom is 0.416 e. The van der Waals surface area contributed by atoms with Gasteiger partial charge in [0.15, 0.2) is 0 Å². The molecule has 4 nitrogen and oxygen atoms in total. The number of benzene rings is 2. The van der Waals surface area contributed by atoms with E-state index in [2.05, 4.69) is 5.32 Å². The summed E-state index contributed by atoms with van der Waals surface area (Å²) >= 11 is 1.35. The molecule has 36 heavy (non-hydrogen) atoms. The van der Waals surface area contributed by atoms with E-state index in [1.807, 2.05) is 0 Å². The number of anilines is 1. The Morgan fingerprint density at radius 1 is 1.00 bits per heavy atom. The lowest BCUT2D eigenvalue weighted by atomic mass is 9.94. The van der Waals surface area contributed by atoms with E-state index in [0.29, 0.717) is 0 Å². The van der Waals surface area contributed by atoms with Gasteiger partial charge in [-0.2, -0.15) is 13.2 Å². The molecule has 1 aliphatic carbocycles. The lowest BCUT2D eigenvalue weighted by Gasteiger charge is -2.33. The third kappa shape index (κ3) is 6.32. The van der Waals surface area contributed by atoms with Gasteiger partial charge in [-0.15, -0.1) is 11.3 Å².